The van der Waals surface area contributed by atoms with E-state index in [0.29, 0.717) is 6.54 Å². The van der Waals surface area contributed by atoms with Gasteiger partial charge in [-0.1, -0.05) is 6.92 Å². The lowest BCUT2D eigenvalue weighted by Gasteiger charge is -2.36. The zero-order chi connectivity index (χ0) is 12.3. The molecule has 0 bridgehead atoms. The maximum absolute atomic E-state index is 12.1. The highest BCUT2D eigenvalue weighted by atomic mass is 16.2. The van der Waals surface area contributed by atoms with Gasteiger partial charge in [-0.25, -0.2) is 0 Å². The molecular formula is C11H20N4O2. The van der Waals surface area contributed by atoms with E-state index in [9.17, 15) is 9.59 Å². The van der Waals surface area contributed by atoms with Crippen LogP contribution in [0.15, 0.2) is 0 Å². The molecule has 6 nitrogen and oxygen atoms in total. The fourth-order valence-corrected chi connectivity index (χ4v) is 2.25. The molecule has 0 aromatic rings. The summed E-state index contributed by atoms with van der Waals surface area (Å²) in [5.74, 6) is 0.0746. The van der Waals surface area contributed by atoms with E-state index in [1.165, 1.54) is 0 Å². The van der Waals surface area contributed by atoms with Crippen molar-refractivity contribution in [2.45, 2.75) is 13.0 Å². The predicted molar refractivity (Wildman–Crippen MR) is 63.5 cm³/mol. The van der Waals surface area contributed by atoms with Gasteiger partial charge in [-0.05, 0) is 6.54 Å². The van der Waals surface area contributed by atoms with Crippen LogP contribution in [0.5, 0.6) is 0 Å². The van der Waals surface area contributed by atoms with Crippen molar-refractivity contribution in [1.29, 1.82) is 0 Å². The van der Waals surface area contributed by atoms with Crippen LogP contribution < -0.4 is 10.6 Å². The molecule has 17 heavy (non-hydrogen) atoms. The van der Waals surface area contributed by atoms with Crippen molar-refractivity contribution >= 4 is 11.8 Å². The summed E-state index contributed by atoms with van der Waals surface area (Å²) in [7, 11) is 0. The molecule has 1 unspecified atom stereocenters. The second-order valence-electron chi connectivity index (χ2n) is 4.50. The SMILES string of the molecule is CCN1CCN(C(=O)C2CNC(=O)CN2)CC1. The van der Waals surface area contributed by atoms with E-state index in [-0.39, 0.29) is 24.4 Å². The Morgan fingerprint density at radius 1 is 1.35 bits per heavy atom. The maximum atomic E-state index is 12.1. The third-order valence-corrected chi connectivity index (χ3v) is 3.44. The summed E-state index contributed by atoms with van der Waals surface area (Å²) in [6.45, 7) is 7.30. The van der Waals surface area contributed by atoms with Crippen molar-refractivity contribution in [1.82, 2.24) is 20.4 Å². The Bertz CT molecular complexity index is 290. The monoisotopic (exact) mass is 240 g/mol. The van der Waals surface area contributed by atoms with Gasteiger partial charge in [-0.15, -0.1) is 0 Å². The first kappa shape index (κ1) is 12.3. The largest absolute Gasteiger partial charge is 0.353 e. The van der Waals surface area contributed by atoms with Crippen LogP contribution in [0.4, 0.5) is 0 Å². The zero-order valence-corrected chi connectivity index (χ0v) is 10.2. The average molecular weight is 240 g/mol. The van der Waals surface area contributed by atoms with Crippen LogP contribution in [0.1, 0.15) is 6.92 Å². The average Bonchev–Trinajstić information content (AvgIpc) is 2.39. The van der Waals surface area contributed by atoms with E-state index in [1.54, 1.807) is 0 Å². The summed E-state index contributed by atoms with van der Waals surface area (Å²) in [6, 6.07) is -0.249. The van der Waals surface area contributed by atoms with Crippen molar-refractivity contribution in [2.24, 2.45) is 0 Å². The number of piperazine rings is 2. The molecule has 0 aromatic carbocycles. The molecule has 0 radical (unpaired) electrons. The summed E-state index contributed by atoms with van der Waals surface area (Å²) in [5, 5.41) is 5.69. The molecule has 2 N–H and O–H groups in total. The summed E-state index contributed by atoms with van der Waals surface area (Å²) in [6.07, 6.45) is 0. The van der Waals surface area contributed by atoms with E-state index in [0.717, 1.165) is 32.7 Å². The molecule has 96 valence electrons. The number of hydrogen-bond acceptors (Lipinski definition) is 4. The first-order valence-electron chi connectivity index (χ1n) is 6.22. The molecule has 2 fully saturated rings. The van der Waals surface area contributed by atoms with Crippen LogP contribution in [0.2, 0.25) is 0 Å². The Kier molecular flexibility index (Phi) is 3.96. The molecule has 2 aliphatic rings. The molecule has 0 aliphatic carbocycles. The number of nitrogens with one attached hydrogen (secondary N) is 2. The minimum absolute atomic E-state index is 0.0372. The summed E-state index contributed by atoms with van der Waals surface area (Å²) in [4.78, 5) is 27.4. The van der Waals surface area contributed by atoms with Crippen LogP contribution >= 0.6 is 0 Å². The number of likely N-dealkylation sites (N-methyl/N-ethyl adjacent to an activating group) is 1. The van der Waals surface area contributed by atoms with Gasteiger partial charge in [0.1, 0.15) is 6.04 Å². The summed E-state index contributed by atoms with van der Waals surface area (Å²) in [5.41, 5.74) is 0. The second kappa shape index (κ2) is 5.46. The molecule has 0 spiro atoms. The van der Waals surface area contributed by atoms with Crippen LogP contribution in [0.25, 0.3) is 0 Å². The molecule has 2 rings (SSSR count). The van der Waals surface area contributed by atoms with Gasteiger partial charge in [-0.3, -0.25) is 14.9 Å². The minimum Gasteiger partial charge on any atom is -0.353 e. The Morgan fingerprint density at radius 3 is 2.59 bits per heavy atom. The van der Waals surface area contributed by atoms with E-state index >= 15 is 0 Å². The quantitative estimate of drug-likeness (QED) is 0.600. The number of carbonyl (C=O) groups is 2. The zero-order valence-electron chi connectivity index (χ0n) is 10.2. The second-order valence-corrected chi connectivity index (χ2v) is 4.50. The molecule has 1 atom stereocenters. The topological polar surface area (TPSA) is 64.7 Å². The van der Waals surface area contributed by atoms with Crippen LogP contribution in [-0.4, -0.2) is 73.5 Å². The fraction of sp³-hybridized carbons (Fsp3) is 0.818. The third kappa shape index (κ3) is 2.95. The smallest absolute Gasteiger partial charge is 0.241 e. The Balaban J connectivity index is 1.82. The molecule has 2 amide bonds. The number of rotatable bonds is 2. The molecule has 6 heteroatoms. The minimum atomic E-state index is -0.249. The standard InChI is InChI=1S/C11H20N4O2/c1-2-14-3-5-15(6-4-14)11(17)9-7-13-10(16)8-12-9/h9,12H,2-8H2,1H3,(H,13,16). The Labute approximate surface area is 101 Å². The van der Waals surface area contributed by atoms with Gasteiger partial charge in [0, 0.05) is 32.7 Å². The summed E-state index contributed by atoms with van der Waals surface area (Å²) >= 11 is 0. The third-order valence-electron chi connectivity index (χ3n) is 3.44. The van der Waals surface area contributed by atoms with E-state index in [2.05, 4.69) is 22.5 Å². The van der Waals surface area contributed by atoms with Crippen molar-refractivity contribution in [3.05, 3.63) is 0 Å². The number of carbonyl (C=O) groups excluding carboxylic acids is 2. The molecular weight excluding hydrogens is 220 g/mol. The number of hydrogen-bond donors (Lipinski definition) is 2. The normalized spacial score (nSPS) is 26.8. The van der Waals surface area contributed by atoms with Crippen LogP contribution in [-0.2, 0) is 9.59 Å². The summed E-state index contributed by atoms with van der Waals surface area (Å²) < 4.78 is 0. The van der Waals surface area contributed by atoms with E-state index in [1.807, 2.05) is 4.90 Å². The van der Waals surface area contributed by atoms with Crippen molar-refractivity contribution in [2.75, 3.05) is 45.8 Å². The highest BCUT2D eigenvalue weighted by Crippen LogP contribution is 2.04. The van der Waals surface area contributed by atoms with Crippen LogP contribution in [0.3, 0.4) is 0 Å². The molecule has 2 aliphatic heterocycles. The first-order valence-corrected chi connectivity index (χ1v) is 6.22. The van der Waals surface area contributed by atoms with Gasteiger partial charge < -0.3 is 15.1 Å². The first-order chi connectivity index (χ1) is 8.20. The fourth-order valence-electron chi connectivity index (χ4n) is 2.25. The van der Waals surface area contributed by atoms with Gasteiger partial charge in [0.2, 0.25) is 11.8 Å². The highest BCUT2D eigenvalue weighted by molar-refractivity contribution is 5.86. The highest BCUT2D eigenvalue weighted by Gasteiger charge is 2.29. The molecule has 0 aromatic heterocycles. The molecule has 2 saturated heterocycles. The lowest BCUT2D eigenvalue weighted by molar-refractivity contribution is -0.136. The maximum Gasteiger partial charge on any atom is 0.241 e. The number of nitrogens with zero attached hydrogens (tertiary/aromatic N) is 2. The molecule has 2 heterocycles. The van der Waals surface area contributed by atoms with Crippen LogP contribution in [0, 0.1) is 0 Å². The molecule has 0 saturated carbocycles. The van der Waals surface area contributed by atoms with Gasteiger partial charge in [-0.2, -0.15) is 0 Å². The van der Waals surface area contributed by atoms with Gasteiger partial charge >= 0.3 is 0 Å². The van der Waals surface area contributed by atoms with E-state index in [4.69, 9.17) is 0 Å². The van der Waals surface area contributed by atoms with Crippen molar-refractivity contribution in [3.8, 4) is 0 Å². The van der Waals surface area contributed by atoms with Gasteiger partial charge in [0.15, 0.2) is 0 Å². The van der Waals surface area contributed by atoms with Crippen molar-refractivity contribution < 1.29 is 9.59 Å². The van der Waals surface area contributed by atoms with Gasteiger partial charge in [0.05, 0.1) is 6.54 Å². The van der Waals surface area contributed by atoms with E-state index < -0.39 is 0 Å². The lowest BCUT2D eigenvalue weighted by atomic mass is 10.2. The van der Waals surface area contributed by atoms with Gasteiger partial charge in [0.25, 0.3) is 0 Å². The Hall–Kier alpha value is -1.14. The lowest BCUT2D eigenvalue weighted by Crippen LogP contribution is -2.61. The Morgan fingerprint density at radius 2 is 2.06 bits per heavy atom. The number of amides is 2. The van der Waals surface area contributed by atoms with Crippen molar-refractivity contribution in [3.63, 3.8) is 0 Å². The predicted octanol–water partition coefficient (Wildman–Crippen LogP) is -1.76.